The number of hydrogen-bond acceptors (Lipinski definition) is 3. The molecule has 0 aliphatic carbocycles. The Morgan fingerprint density at radius 3 is 2.73 bits per heavy atom. The van der Waals surface area contributed by atoms with Crippen LogP contribution in [0.15, 0.2) is 42.5 Å². The third-order valence-electron chi connectivity index (χ3n) is 4.49. The van der Waals surface area contributed by atoms with Crippen molar-refractivity contribution in [3.63, 3.8) is 0 Å². The number of nitrogens with zero attached hydrogens (tertiary/aromatic N) is 2. The van der Waals surface area contributed by atoms with E-state index in [0.717, 1.165) is 28.0 Å². The third kappa shape index (κ3) is 1.91. The summed E-state index contributed by atoms with van der Waals surface area (Å²) in [4.78, 5) is 4.62. The summed E-state index contributed by atoms with van der Waals surface area (Å²) in [5.74, 6) is 1.65. The lowest BCUT2D eigenvalue weighted by molar-refractivity contribution is 0.0670. The summed E-state index contributed by atoms with van der Waals surface area (Å²) in [6.45, 7) is 1.97. The summed E-state index contributed by atoms with van der Waals surface area (Å²) in [5.41, 5.74) is 3.77. The highest BCUT2D eigenvalue weighted by molar-refractivity contribution is 5.84. The highest BCUT2D eigenvalue weighted by atomic mass is 16.5. The van der Waals surface area contributed by atoms with Gasteiger partial charge >= 0.3 is 0 Å². The standard InChI is InChI=1S/C18H18N2O2/c1-11-19-17-14(20(11)2)9-8-13-15(21)10-16(22-18(13)17)12-6-4-3-5-7-12/h3-9,15-16,21H,10H2,1-2H3/t15-,16-/m1/s1. The van der Waals surface area contributed by atoms with E-state index in [1.807, 2.05) is 61.0 Å². The Morgan fingerprint density at radius 1 is 1.18 bits per heavy atom. The van der Waals surface area contributed by atoms with Crippen LogP contribution in [-0.2, 0) is 7.05 Å². The molecule has 22 heavy (non-hydrogen) atoms. The van der Waals surface area contributed by atoms with Crippen LogP contribution in [0.1, 0.15) is 35.6 Å². The number of benzene rings is 2. The van der Waals surface area contributed by atoms with Crippen molar-refractivity contribution >= 4 is 11.0 Å². The van der Waals surface area contributed by atoms with Crippen molar-refractivity contribution in [2.45, 2.75) is 25.6 Å². The van der Waals surface area contributed by atoms with Gasteiger partial charge in [0.25, 0.3) is 0 Å². The summed E-state index contributed by atoms with van der Waals surface area (Å²) in [6.07, 6.45) is -0.105. The van der Waals surface area contributed by atoms with Gasteiger partial charge in [0, 0.05) is 19.0 Å². The minimum atomic E-state index is -0.527. The Balaban J connectivity index is 1.86. The van der Waals surface area contributed by atoms with Crippen LogP contribution in [0.25, 0.3) is 11.0 Å². The van der Waals surface area contributed by atoms with Crippen molar-refractivity contribution < 1.29 is 9.84 Å². The average molecular weight is 294 g/mol. The van der Waals surface area contributed by atoms with Crippen LogP contribution in [0.5, 0.6) is 5.75 Å². The number of ether oxygens (including phenoxy) is 1. The second-order valence-electron chi connectivity index (χ2n) is 5.84. The van der Waals surface area contributed by atoms with Gasteiger partial charge in [-0.2, -0.15) is 0 Å². The van der Waals surface area contributed by atoms with Crippen molar-refractivity contribution in [3.05, 3.63) is 59.4 Å². The van der Waals surface area contributed by atoms with Gasteiger partial charge in [0.1, 0.15) is 17.4 Å². The molecular weight excluding hydrogens is 276 g/mol. The third-order valence-corrected chi connectivity index (χ3v) is 4.49. The molecule has 4 heteroatoms. The summed E-state index contributed by atoms with van der Waals surface area (Å²) in [7, 11) is 1.99. The van der Waals surface area contributed by atoms with E-state index in [9.17, 15) is 5.11 Å². The molecule has 0 radical (unpaired) electrons. The van der Waals surface area contributed by atoms with Gasteiger partial charge in [0.05, 0.1) is 11.6 Å². The quantitative estimate of drug-likeness (QED) is 0.748. The number of imidazole rings is 1. The Labute approximate surface area is 129 Å². The predicted octanol–water partition coefficient (Wildman–Crippen LogP) is 3.44. The lowest BCUT2D eigenvalue weighted by atomic mass is 9.94. The molecule has 0 bridgehead atoms. The van der Waals surface area contributed by atoms with Gasteiger partial charge in [-0.25, -0.2) is 4.98 Å². The van der Waals surface area contributed by atoms with Gasteiger partial charge in [-0.1, -0.05) is 36.4 Å². The second kappa shape index (κ2) is 4.85. The summed E-state index contributed by atoms with van der Waals surface area (Å²) in [5, 5.41) is 10.5. The first-order valence-corrected chi connectivity index (χ1v) is 7.50. The second-order valence-corrected chi connectivity index (χ2v) is 5.84. The molecule has 0 unspecified atom stereocenters. The maximum Gasteiger partial charge on any atom is 0.153 e. The monoisotopic (exact) mass is 294 g/mol. The fraction of sp³-hybridized carbons (Fsp3) is 0.278. The van der Waals surface area contributed by atoms with E-state index >= 15 is 0 Å². The number of aromatic nitrogens is 2. The molecule has 0 saturated heterocycles. The fourth-order valence-electron chi connectivity index (χ4n) is 3.14. The van der Waals surface area contributed by atoms with E-state index in [2.05, 4.69) is 4.98 Å². The van der Waals surface area contributed by atoms with Gasteiger partial charge in [0.15, 0.2) is 5.75 Å². The summed E-state index contributed by atoms with van der Waals surface area (Å²) < 4.78 is 8.27. The molecule has 0 amide bonds. The zero-order valence-corrected chi connectivity index (χ0v) is 12.7. The number of aliphatic hydroxyl groups excluding tert-OH is 1. The summed E-state index contributed by atoms with van der Waals surface area (Å²) in [6, 6.07) is 14.0. The highest BCUT2D eigenvalue weighted by Gasteiger charge is 2.30. The largest absolute Gasteiger partial charge is 0.483 e. The maximum absolute atomic E-state index is 10.5. The van der Waals surface area contributed by atoms with Crippen molar-refractivity contribution in [3.8, 4) is 5.75 Å². The Kier molecular flexibility index (Phi) is 2.94. The molecule has 2 heterocycles. The normalized spacial score (nSPS) is 20.7. The average Bonchev–Trinajstić information content (AvgIpc) is 2.84. The lowest BCUT2D eigenvalue weighted by Gasteiger charge is -2.30. The van der Waals surface area contributed by atoms with Crippen molar-refractivity contribution in [1.82, 2.24) is 9.55 Å². The van der Waals surface area contributed by atoms with Gasteiger partial charge in [-0.3, -0.25) is 0 Å². The minimum Gasteiger partial charge on any atom is -0.483 e. The number of hydrogen-bond donors (Lipinski definition) is 1. The van der Waals surface area contributed by atoms with Crippen molar-refractivity contribution in [2.75, 3.05) is 0 Å². The molecule has 1 aliphatic heterocycles. The first-order valence-electron chi connectivity index (χ1n) is 7.50. The van der Waals surface area contributed by atoms with E-state index in [0.29, 0.717) is 12.2 Å². The van der Waals surface area contributed by atoms with Crippen molar-refractivity contribution in [2.24, 2.45) is 7.05 Å². The predicted molar refractivity (Wildman–Crippen MR) is 84.8 cm³/mol. The van der Waals surface area contributed by atoms with Crippen LogP contribution in [0.4, 0.5) is 0 Å². The van der Waals surface area contributed by atoms with Crippen LogP contribution in [-0.4, -0.2) is 14.7 Å². The molecule has 112 valence electrons. The Hall–Kier alpha value is -2.33. The van der Waals surface area contributed by atoms with Crippen molar-refractivity contribution in [1.29, 1.82) is 0 Å². The molecular formula is C18H18N2O2. The highest BCUT2D eigenvalue weighted by Crippen LogP contribution is 2.44. The molecule has 1 aromatic heterocycles. The topological polar surface area (TPSA) is 47.3 Å². The van der Waals surface area contributed by atoms with Gasteiger partial charge in [0.2, 0.25) is 0 Å². The Bertz CT molecular complexity index is 839. The van der Waals surface area contributed by atoms with E-state index in [1.54, 1.807) is 0 Å². The van der Waals surface area contributed by atoms with Gasteiger partial charge in [-0.05, 0) is 18.6 Å². The van der Waals surface area contributed by atoms with E-state index in [4.69, 9.17) is 4.74 Å². The van der Waals surface area contributed by atoms with Crippen LogP contribution < -0.4 is 4.74 Å². The van der Waals surface area contributed by atoms with Crippen LogP contribution in [0.2, 0.25) is 0 Å². The first-order chi connectivity index (χ1) is 10.6. The lowest BCUT2D eigenvalue weighted by Crippen LogP contribution is -2.19. The molecule has 0 fully saturated rings. The molecule has 0 saturated carbocycles. The summed E-state index contributed by atoms with van der Waals surface area (Å²) >= 11 is 0. The van der Waals surface area contributed by atoms with Gasteiger partial charge in [-0.15, -0.1) is 0 Å². The molecule has 2 atom stereocenters. The number of fused-ring (bicyclic) bond motifs is 3. The SMILES string of the molecule is Cc1nc2c3c(ccc2n1C)[C@H](O)C[C@H](c1ccccc1)O3. The van der Waals surface area contributed by atoms with Crippen LogP contribution in [0, 0.1) is 6.92 Å². The zero-order chi connectivity index (χ0) is 15.3. The van der Waals surface area contributed by atoms with Crippen LogP contribution in [0.3, 0.4) is 0 Å². The molecule has 1 aliphatic rings. The molecule has 1 N–H and O–H groups in total. The zero-order valence-electron chi connectivity index (χ0n) is 12.7. The molecule has 0 spiro atoms. The van der Waals surface area contributed by atoms with E-state index in [-0.39, 0.29) is 6.10 Å². The van der Waals surface area contributed by atoms with Gasteiger partial charge < -0.3 is 14.4 Å². The van der Waals surface area contributed by atoms with E-state index in [1.165, 1.54) is 0 Å². The molecule has 2 aromatic carbocycles. The number of aryl methyl sites for hydroxylation is 2. The van der Waals surface area contributed by atoms with Crippen LogP contribution >= 0.6 is 0 Å². The number of rotatable bonds is 1. The molecule has 4 nitrogen and oxygen atoms in total. The molecule has 3 aromatic rings. The number of aliphatic hydroxyl groups is 1. The maximum atomic E-state index is 10.5. The smallest absolute Gasteiger partial charge is 0.153 e. The Morgan fingerprint density at radius 2 is 1.95 bits per heavy atom. The molecule has 4 rings (SSSR count). The fourth-order valence-corrected chi connectivity index (χ4v) is 3.14. The minimum absolute atomic E-state index is 0.142. The van der Waals surface area contributed by atoms with E-state index < -0.39 is 6.10 Å². The first kappa shape index (κ1) is 13.3.